The minimum atomic E-state index is 0.178. The summed E-state index contributed by atoms with van der Waals surface area (Å²) in [6, 6.07) is 0. The third-order valence-corrected chi connectivity index (χ3v) is 4.27. The molecule has 0 aromatic heterocycles. The molecule has 15 heavy (non-hydrogen) atoms. The number of hydrogen-bond acceptors (Lipinski definition) is 2. The van der Waals surface area contributed by atoms with Crippen molar-refractivity contribution >= 4 is 21.8 Å². The molecule has 1 saturated heterocycles. The molecule has 4 heteroatoms. The van der Waals surface area contributed by atoms with Gasteiger partial charge in [0, 0.05) is 30.5 Å². The van der Waals surface area contributed by atoms with Crippen molar-refractivity contribution in [2.24, 2.45) is 11.8 Å². The van der Waals surface area contributed by atoms with Crippen molar-refractivity contribution < 1.29 is 9.53 Å². The predicted molar refractivity (Wildman–Crippen MR) is 62.0 cm³/mol. The first-order valence-electron chi connectivity index (χ1n) is 5.77. The third kappa shape index (κ3) is 3.45. The zero-order valence-electron chi connectivity index (χ0n) is 8.88. The van der Waals surface area contributed by atoms with Crippen LogP contribution in [0.5, 0.6) is 0 Å². The van der Waals surface area contributed by atoms with Crippen molar-refractivity contribution in [3.8, 4) is 0 Å². The molecule has 0 bridgehead atoms. The number of rotatable bonds is 4. The van der Waals surface area contributed by atoms with E-state index in [1.807, 2.05) is 0 Å². The fourth-order valence-electron chi connectivity index (χ4n) is 1.93. The minimum Gasteiger partial charge on any atom is -0.381 e. The van der Waals surface area contributed by atoms with Crippen LogP contribution in [-0.2, 0) is 9.53 Å². The number of carbonyl (C=O) groups excluding carboxylic acids is 1. The summed E-state index contributed by atoms with van der Waals surface area (Å²) in [6.45, 7) is 2.25. The Morgan fingerprint density at radius 1 is 1.33 bits per heavy atom. The van der Waals surface area contributed by atoms with Crippen LogP contribution in [0.3, 0.4) is 0 Å². The average molecular weight is 276 g/mol. The number of amides is 1. The largest absolute Gasteiger partial charge is 0.381 e. The molecule has 1 saturated carbocycles. The SMILES string of the molecule is O=C(NCC(Br)C1CC1)C1CCOCC1. The minimum absolute atomic E-state index is 0.178. The van der Waals surface area contributed by atoms with Crippen molar-refractivity contribution in [1.82, 2.24) is 5.32 Å². The normalized spacial score (nSPS) is 24.9. The first kappa shape index (κ1) is 11.4. The predicted octanol–water partition coefficient (Wildman–Crippen LogP) is 1.70. The first-order valence-corrected chi connectivity index (χ1v) is 6.68. The van der Waals surface area contributed by atoms with Crippen LogP contribution >= 0.6 is 15.9 Å². The zero-order valence-corrected chi connectivity index (χ0v) is 10.5. The highest BCUT2D eigenvalue weighted by atomic mass is 79.9. The number of ether oxygens (including phenoxy) is 1. The highest BCUT2D eigenvalue weighted by Gasteiger charge is 2.30. The molecular formula is C11H18BrNO2. The van der Waals surface area contributed by atoms with Gasteiger partial charge in [-0.1, -0.05) is 15.9 Å². The molecule has 3 nitrogen and oxygen atoms in total. The van der Waals surface area contributed by atoms with E-state index in [4.69, 9.17) is 4.74 Å². The number of hydrogen-bond donors (Lipinski definition) is 1. The molecule has 2 aliphatic rings. The molecule has 1 unspecified atom stereocenters. The van der Waals surface area contributed by atoms with Gasteiger partial charge >= 0.3 is 0 Å². The van der Waals surface area contributed by atoms with Gasteiger partial charge in [-0.05, 0) is 31.6 Å². The van der Waals surface area contributed by atoms with Crippen LogP contribution in [-0.4, -0.2) is 30.5 Å². The van der Waals surface area contributed by atoms with E-state index < -0.39 is 0 Å². The fraction of sp³-hybridized carbons (Fsp3) is 0.909. The van der Waals surface area contributed by atoms with E-state index in [1.54, 1.807) is 0 Å². The van der Waals surface area contributed by atoms with Crippen LogP contribution in [0.25, 0.3) is 0 Å². The van der Waals surface area contributed by atoms with E-state index in [0.29, 0.717) is 4.83 Å². The van der Waals surface area contributed by atoms with Crippen molar-refractivity contribution in [2.75, 3.05) is 19.8 Å². The Balaban J connectivity index is 1.66. The Hall–Kier alpha value is -0.0900. The van der Waals surface area contributed by atoms with Crippen LogP contribution in [0, 0.1) is 11.8 Å². The molecule has 1 heterocycles. The Morgan fingerprint density at radius 3 is 2.60 bits per heavy atom. The zero-order chi connectivity index (χ0) is 10.7. The lowest BCUT2D eigenvalue weighted by molar-refractivity contribution is -0.127. The summed E-state index contributed by atoms with van der Waals surface area (Å²) in [5, 5.41) is 3.03. The van der Waals surface area contributed by atoms with Gasteiger partial charge in [-0.15, -0.1) is 0 Å². The van der Waals surface area contributed by atoms with Crippen LogP contribution in [0.1, 0.15) is 25.7 Å². The Morgan fingerprint density at radius 2 is 2.00 bits per heavy atom. The summed E-state index contributed by atoms with van der Waals surface area (Å²) >= 11 is 3.62. The average Bonchev–Trinajstić information content (AvgIpc) is 3.10. The molecule has 1 atom stereocenters. The van der Waals surface area contributed by atoms with Gasteiger partial charge in [-0.25, -0.2) is 0 Å². The van der Waals surface area contributed by atoms with Crippen LogP contribution in [0.15, 0.2) is 0 Å². The number of nitrogens with one attached hydrogen (secondary N) is 1. The molecular weight excluding hydrogens is 258 g/mol. The Labute approximate surface area is 99.1 Å². The van der Waals surface area contributed by atoms with Crippen molar-refractivity contribution in [3.63, 3.8) is 0 Å². The van der Waals surface area contributed by atoms with Gasteiger partial charge < -0.3 is 10.1 Å². The highest BCUT2D eigenvalue weighted by molar-refractivity contribution is 9.09. The van der Waals surface area contributed by atoms with Crippen LogP contribution in [0.2, 0.25) is 0 Å². The first-order chi connectivity index (χ1) is 7.27. The molecule has 1 aliphatic carbocycles. The summed E-state index contributed by atoms with van der Waals surface area (Å²) in [5.74, 6) is 1.18. The Kier molecular flexibility index (Phi) is 4.03. The lowest BCUT2D eigenvalue weighted by Crippen LogP contribution is -2.37. The Bertz CT molecular complexity index is 225. The molecule has 1 amide bonds. The maximum absolute atomic E-state index is 11.8. The van der Waals surface area contributed by atoms with E-state index in [1.165, 1.54) is 12.8 Å². The van der Waals surface area contributed by atoms with Crippen LogP contribution in [0.4, 0.5) is 0 Å². The summed E-state index contributed by atoms with van der Waals surface area (Å²) in [5.41, 5.74) is 0. The second kappa shape index (κ2) is 5.30. The van der Waals surface area contributed by atoms with Crippen molar-refractivity contribution in [2.45, 2.75) is 30.5 Å². The molecule has 1 aliphatic heterocycles. The summed E-state index contributed by atoms with van der Waals surface area (Å²) < 4.78 is 5.23. The van der Waals surface area contributed by atoms with E-state index in [-0.39, 0.29) is 11.8 Å². The summed E-state index contributed by atoms with van der Waals surface area (Å²) in [7, 11) is 0. The number of alkyl halides is 1. The smallest absolute Gasteiger partial charge is 0.223 e. The maximum atomic E-state index is 11.8. The van der Waals surface area contributed by atoms with E-state index >= 15 is 0 Å². The van der Waals surface area contributed by atoms with E-state index in [0.717, 1.165) is 38.5 Å². The van der Waals surface area contributed by atoms with Crippen molar-refractivity contribution in [3.05, 3.63) is 0 Å². The molecule has 2 fully saturated rings. The number of halogens is 1. The highest BCUT2D eigenvalue weighted by Crippen LogP contribution is 2.36. The topological polar surface area (TPSA) is 38.3 Å². The van der Waals surface area contributed by atoms with Gasteiger partial charge in [-0.2, -0.15) is 0 Å². The van der Waals surface area contributed by atoms with Gasteiger partial charge in [-0.3, -0.25) is 4.79 Å². The maximum Gasteiger partial charge on any atom is 0.223 e. The van der Waals surface area contributed by atoms with E-state index in [2.05, 4.69) is 21.2 Å². The van der Waals surface area contributed by atoms with Gasteiger partial charge in [0.1, 0.15) is 0 Å². The molecule has 0 aromatic carbocycles. The van der Waals surface area contributed by atoms with Gasteiger partial charge in [0.15, 0.2) is 0 Å². The third-order valence-electron chi connectivity index (χ3n) is 3.20. The molecule has 0 radical (unpaired) electrons. The lowest BCUT2D eigenvalue weighted by atomic mass is 9.99. The number of carbonyl (C=O) groups is 1. The molecule has 0 spiro atoms. The molecule has 86 valence electrons. The van der Waals surface area contributed by atoms with Gasteiger partial charge in [0.2, 0.25) is 5.91 Å². The fourth-order valence-corrected chi connectivity index (χ4v) is 2.62. The lowest BCUT2D eigenvalue weighted by Gasteiger charge is -2.21. The summed E-state index contributed by atoms with van der Waals surface area (Å²) in [4.78, 5) is 12.2. The van der Waals surface area contributed by atoms with E-state index in [9.17, 15) is 4.79 Å². The van der Waals surface area contributed by atoms with Crippen LogP contribution < -0.4 is 5.32 Å². The summed E-state index contributed by atoms with van der Waals surface area (Å²) in [6.07, 6.45) is 4.37. The standard InChI is InChI=1S/C11H18BrNO2/c12-10(8-1-2-8)7-13-11(14)9-3-5-15-6-4-9/h8-10H,1-7H2,(H,13,14). The second-order valence-corrected chi connectivity index (χ2v) is 5.66. The van der Waals surface area contributed by atoms with Crippen molar-refractivity contribution in [1.29, 1.82) is 0 Å². The quantitative estimate of drug-likeness (QED) is 0.794. The molecule has 2 rings (SSSR count). The second-order valence-electron chi connectivity index (χ2n) is 4.49. The van der Waals surface area contributed by atoms with Gasteiger partial charge in [0.25, 0.3) is 0 Å². The molecule has 1 N–H and O–H groups in total. The monoisotopic (exact) mass is 275 g/mol. The van der Waals surface area contributed by atoms with Gasteiger partial charge in [0.05, 0.1) is 0 Å². The molecule has 0 aromatic rings.